The van der Waals surface area contributed by atoms with Gasteiger partial charge >= 0.3 is 0 Å². The van der Waals surface area contributed by atoms with Crippen molar-refractivity contribution in [3.63, 3.8) is 0 Å². The average Bonchev–Trinajstić information content (AvgIpc) is 2.93. The highest BCUT2D eigenvalue weighted by atomic mass is 16.3. The van der Waals surface area contributed by atoms with Gasteiger partial charge in [-0.1, -0.05) is 31.2 Å². The van der Waals surface area contributed by atoms with Crippen LogP contribution in [0.5, 0.6) is 0 Å². The number of hydrogen-bond acceptors (Lipinski definition) is 3. The normalized spacial score (nSPS) is 12.7. The molecule has 1 aromatic carbocycles. The fraction of sp³-hybridized carbons (Fsp3) is 0.278. The van der Waals surface area contributed by atoms with E-state index in [1.165, 1.54) is 5.56 Å². The van der Waals surface area contributed by atoms with E-state index in [4.69, 9.17) is 4.42 Å². The number of nitrogens with zero attached hydrogens (tertiary/aromatic N) is 1. The lowest BCUT2D eigenvalue weighted by atomic mass is 10.0. The SMILES string of the molecule is CCNC(Cc1ncccc1C)c1cc2ccccc2o1. The van der Waals surface area contributed by atoms with Crippen molar-refractivity contribution >= 4 is 11.0 Å². The molecule has 1 unspecified atom stereocenters. The maximum absolute atomic E-state index is 6.00. The minimum absolute atomic E-state index is 0.149. The summed E-state index contributed by atoms with van der Waals surface area (Å²) in [5, 5.41) is 4.65. The first kappa shape index (κ1) is 13.8. The molecule has 3 aromatic rings. The van der Waals surface area contributed by atoms with Gasteiger partial charge in [0.25, 0.3) is 0 Å². The first-order chi connectivity index (χ1) is 10.3. The minimum Gasteiger partial charge on any atom is -0.459 e. The second-order valence-corrected chi connectivity index (χ2v) is 5.27. The highest BCUT2D eigenvalue weighted by Gasteiger charge is 2.17. The lowest BCUT2D eigenvalue weighted by molar-refractivity contribution is 0.432. The van der Waals surface area contributed by atoms with Crippen molar-refractivity contribution in [1.29, 1.82) is 0 Å². The van der Waals surface area contributed by atoms with Crippen molar-refractivity contribution in [2.24, 2.45) is 0 Å². The number of fused-ring (bicyclic) bond motifs is 1. The molecule has 0 aliphatic heterocycles. The summed E-state index contributed by atoms with van der Waals surface area (Å²) in [5.74, 6) is 0.975. The van der Waals surface area contributed by atoms with Crippen LogP contribution in [0.4, 0.5) is 0 Å². The molecule has 0 spiro atoms. The van der Waals surface area contributed by atoms with Gasteiger partial charge in [0.1, 0.15) is 11.3 Å². The molecule has 1 atom stereocenters. The zero-order chi connectivity index (χ0) is 14.7. The first-order valence-electron chi connectivity index (χ1n) is 7.40. The molecule has 0 aliphatic carbocycles. The molecule has 21 heavy (non-hydrogen) atoms. The van der Waals surface area contributed by atoms with Gasteiger partial charge in [0.05, 0.1) is 6.04 Å². The minimum atomic E-state index is 0.149. The molecule has 3 rings (SSSR count). The Morgan fingerprint density at radius 1 is 1.19 bits per heavy atom. The van der Waals surface area contributed by atoms with E-state index in [2.05, 4.69) is 42.3 Å². The van der Waals surface area contributed by atoms with Crippen LogP contribution in [0.25, 0.3) is 11.0 Å². The lowest BCUT2D eigenvalue weighted by Gasteiger charge is -2.16. The summed E-state index contributed by atoms with van der Waals surface area (Å²) in [4.78, 5) is 4.50. The third kappa shape index (κ3) is 2.98. The van der Waals surface area contributed by atoms with Gasteiger partial charge in [-0.05, 0) is 37.2 Å². The zero-order valence-electron chi connectivity index (χ0n) is 12.5. The molecule has 0 saturated heterocycles. The number of nitrogens with one attached hydrogen (secondary N) is 1. The maximum Gasteiger partial charge on any atom is 0.134 e. The van der Waals surface area contributed by atoms with E-state index in [9.17, 15) is 0 Å². The van der Waals surface area contributed by atoms with Crippen LogP contribution in [0.2, 0.25) is 0 Å². The number of furan rings is 1. The van der Waals surface area contributed by atoms with E-state index in [1.54, 1.807) is 0 Å². The zero-order valence-corrected chi connectivity index (χ0v) is 12.5. The molecule has 3 nitrogen and oxygen atoms in total. The van der Waals surface area contributed by atoms with E-state index in [0.717, 1.165) is 35.4 Å². The smallest absolute Gasteiger partial charge is 0.134 e. The summed E-state index contributed by atoms with van der Waals surface area (Å²) in [5.41, 5.74) is 3.27. The van der Waals surface area contributed by atoms with Crippen LogP contribution in [0, 0.1) is 6.92 Å². The van der Waals surface area contributed by atoms with Crippen LogP contribution in [0.3, 0.4) is 0 Å². The molecule has 0 bridgehead atoms. The number of pyridine rings is 1. The largest absolute Gasteiger partial charge is 0.459 e. The molecular weight excluding hydrogens is 260 g/mol. The average molecular weight is 280 g/mol. The van der Waals surface area contributed by atoms with Gasteiger partial charge in [0.15, 0.2) is 0 Å². The van der Waals surface area contributed by atoms with Gasteiger partial charge < -0.3 is 9.73 Å². The molecule has 3 heteroatoms. The van der Waals surface area contributed by atoms with Crippen molar-refractivity contribution in [3.8, 4) is 0 Å². The van der Waals surface area contributed by atoms with Gasteiger partial charge in [0, 0.05) is 23.7 Å². The number of aryl methyl sites for hydroxylation is 1. The molecule has 0 radical (unpaired) electrons. The Morgan fingerprint density at radius 2 is 2.05 bits per heavy atom. The summed E-state index contributed by atoms with van der Waals surface area (Å²) in [6.07, 6.45) is 2.68. The van der Waals surface area contributed by atoms with Crippen LogP contribution < -0.4 is 5.32 Å². The van der Waals surface area contributed by atoms with Gasteiger partial charge in [-0.15, -0.1) is 0 Å². The third-order valence-corrected chi connectivity index (χ3v) is 3.75. The van der Waals surface area contributed by atoms with Crippen LogP contribution >= 0.6 is 0 Å². The van der Waals surface area contributed by atoms with Crippen molar-refractivity contribution in [2.75, 3.05) is 6.54 Å². The standard InChI is InChI=1S/C18H20N2O/c1-3-19-16(12-15-13(2)7-6-10-20-15)18-11-14-8-4-5-9-17(14)21-18/h4-11,16,19H,3,12H2,1-2H3. The van der Waals surface area contributed by atoms with E-state index in [-0.39, 0.29) is 6.04 Å². The Labute approximate surface area is 125 Å². The number of rotatable bonds is 5. The highest BCUT2D eigenvalue weighted by molar-refractivity contribution is 5.77. The van der Waals surface area contributed by atoms with E-state index < -0.39 is 0 Å². The second-order valence-electron chi connectivity index (χ2n) is 5.27. The summed E-state index contributed by atoms with van der Waals surface area (Å²) < 4.78 is 6.00. The first-order valence-corrected chi connectivity index (χ1v) is 7.40. The molecule has 2 heterocycles. The van der Waals surface area contributed by atoms with Crippen LogP contribution in [0.15, 0.2) is 53.1 Å². The Bertz CT molecular complexity index is 700. The Hall–Kier alpha value is -2.13. The Balaban J connectivity index is 1.92. The highest BCUT2D eigenvalue weighted by Crippen LogP contribution is 2.26. The molecule has 1 N–H and O–H groups in total. The van der Waals surface area contributed by atoms with E-state index in [0.29, 0.717) is 0 Å². The predicted molar refractivity (Wildman–Crippen MR) is 85.3 cm³/mol. The molecular formula is C18H20N2O. The topological polar surface area (TPSA) is 38.1 Å². The monoisotopic (exact) mass is 280 g/mol. The summed E-state index contributed by atoms with van der Waals surface area (Å²) >= 11 is 0. The molecule has 0 saturated carbocycles. The maximum atomic E-state index is 6.00. The summed E-state index contributed by atoms with van der Waals surface area (Å²) in [6.45, 7) is 5.11. The van der Waals surface area contributed by atoms with Crippen molar-refractivity contribution in [2.45, 2.75) is 26.3 Å². The molecule has 2 aromatic heterocycles. The van der Waals surface area contributed by atoms with Crippen molar-refractivity contribution in [3.05, 3.63) is 65.7 Å². The Morgan fingerprint density at radius 3 is 2.81 bits per heavy atom. The fourth-order valence-electron chi connectivity index (χ4n) is 2.62. The molecule has 0 amide bonds. The van der Waals surface area contributed by atoms with Crippen molar-refractivity contribution in [1.82, 2.24) is 10.3 Å². The summed E-state index contributed by atoms with van der Waals surface area (Å²) in [7, 11) is 0. The van der Waals surface area contributed by atoms with Crippen LogP contribution in [-0.2, 0) is 6.42 Å². The number of aromatic nitrogens is 1. The lowest BCUT2D eigenvalue weighted by Crippen LogP contribution is -2.23. The Kier molecular flexibility index (Phi) is 4.02. The van der Waals surface area contributed by atoms with Gasteiger partial charge in [-0.2, -0.15) is 0 Å². The van der Waals surface area contributed by atoms with E-state index >= 15 is 0 Å². The molecule has 0 aliphatic rings. The quantitative estimate of drug-likeness (QED) is 0.766. The summed E-state index contributed by atoms with van der Waals surface area (Å²) in [6, 6.07) is 14.5. The third-order valence-electron chi connectivity index (χ3n) is 3.75. The van der Waals surface area contributed by atoms with Gasteiger partial charge in [0.2, 0.25) is 0 Å². The van der Waals surface area contributed by atoms with Gasteiger partial charge in [-0.3, -0.25) is 4.98 Å². The number of likely N-dealkylation sites (N-methyl/N-ethyl adjacent to an activating group) is 1. The van der Waals surface area contributed by atoms with E-state index in [1.807, 2.05) is 30.5 Å². The predicted octanol–water partition coefficient (Wildman–Crippen LogP) is 4.03. The second kappa shape index (κ2) is 6.10. The van der Waals surface area contributed by atoms with Crippen molar-refractivity contribution < 1.29 is 4.42 Å². The van der Waals surface area contributed by atoms with Crippen LogP contribution in [-0.4, -0.2) is 11.5 Å². The molecule has 0 fully saturated rings. The number of benzene rings is 1. The fourth-order valence-corrected chi connectivity index (χ4v) is 2.62. The van der Waals surface area contributed by atoms with Crippen LogP contribution in [0.1, 0.15) is 30.0 Å². The number of hydrogen-bond donors (Lipinski definition) is 1. The number of para-hydroxylation sites is 1. The molecule has 108 valence electrons. The van der Waals surface area contributed by atoms with Gasteiger partial charge in [-0.25, -0.2) is 0 Å².